The molecule has 166 valence electrons. The highest BCUT2D eigenvalue weighted by atomic mass is 35.5. The summed E-state index contributed by atoms with van der Waals surface area (Å²) in [5.74, 6) is -0.859. The van der Waals surface area contributed by atoms with Gasteiger partial charge in [-0.05, 0) is 78.6 Å². The normalized spacial score (nSPS) is 15.1. The number of halogens is 1. The predicted molar refractivity (Wildman–Crippen MR) is 127 cm³/mol. The van der Waals surface area contributed by atoms with Crippen LogP contribution in [0.15, 0.2) is 72.3 Å². The van der Waals surface area contributed by atoms with Crippen LogP contribution in [0.1, 0.15) is 22.3 Å². The summed E-state index contributed by atoms with van der Waals surface area (Å²) in [5.41, 5.74) is 3.73. The van der Waals surface area contributed by atoms with Crippen LogP contribution < -0.4 is 15.0 Å². The standard InChI is InChI=1S/C26H21ClN2O4/c1-16-9-10-21(11-17(16)2)29-25(31)23(24(30)28-26(29)32)14-18-5-4-8-22(13-18)33-15-19-6-3-7-20(27)12-19/h3-14H,15H2,1-2H3,(H,28,30,32)/b23-14-. The quantitative estimate of drug-likeness (QED) is 0.419. The number of nitrogens with zero attached hydrogens (tertiary/aromatic N) is 1. The van der Waals surface area contributed by atoms with Crippen molar-refractivity contribution in [2.75, 3.05) is 4.90 Å². The van der Waals surface area contributed by atoms with Crippen molar-refractivity contribution >= 4 is 41.2 Å². The molecule has 1 saturated heterocycles. The van der Waals surface area contributed by atoms with Crippen molar-refractivity contribution in [3.8, 4) is 5.75 Å². The lowest BCUT2D eigenvalue weighted by atomic mass is 10.0. The summed E-state index contributed by atoms with van der Waals surface area (Å²) >= 11 is 6.01. The molecule has 6 nitrogen and oxygen atoms in total. The van der Waals surface area contributed by atoms with Gasteiger partial charge in [-0.1, -0.05) is 41.9 Å². The Balaban J connectivity index is 1.58. The Bertz CT molecular complexity index is 1300. The van der Waals surface area contributed by atoms with Gasteiger partial charge in [-0.3, -0.25) is 14.9 Å². The van der Waals surface area contributed by atoms with E-state index >= 15 is 0 Å². The summed E-state index contributed by atoms with van der Waals surface area (Å²) in [4.78, 5) is 39.0. The van der Waals surface area contributed by atoms with Crippen molar-refractivity contribution < 1.29 is 19.1 Å². The van der Waals surface area contributed by atoms with Gasteiger partial charge < -0.3 is 4.74 Å². The van der Waals surface area contributed by atoms with E-state index < -0.39 is 17.8 Å². The van der Waals surface area contributed by atoms with Crippen LogP contribution in [0.2, 0.25) is 5.02 Å². The number of nitrogens with one attached hydrogen (secondary N) is 1. The first-order valence-corrected chi connectivity index (χ1v) is 10.7. The molecule has 0 atom stereocenters. The van der Waals surface area contributed by atoms with Crippen molar-refractivity contribution in [1.29, 1.82) is 0 Å². The Morgan fingerprint density at radius 3 is 2.48 bits per heavy atom. The van der Waals surface area contributed by atoms with Gasteiger partial charge in [-0.2, -0.15) is 0 Å². The number of hydrogen-bond acceptors (Lipinski definition) is 4. The van der Waals surface area contributed by atoms with E-state index in [1.54, 1.807) is 42.5 Å². The number of anilines is 1. The highest BCUT2D eigenvalue weighted by molar-refractivity contribution is 6.39. The molecule has 33 heavy (non-hydrogen) atoms. The van der Waals surface area contributed by atoms with E-state index in [1.807, 2.05) is 38.1 Å². The van der Waals surface area contributed by atoms with Crippen molar-refractivity contribution in [1.82, 2.24) is 5.32 Å². The lowest BCUT2D eigenvalue weighted by Gasteiger charge is -2.26. The van der Waals surface area contributed by atoms with E-state index in [1.165, 1.54) is 6.08 Å². The van der Waals surface area contributed by atoms with E-state index in [0.29, 0.717) is 28.6 Å². The third-order valence-electron chi connectivity index (χ3n) is 5.31. The van der Waals surface area contributed by atoms with Gasteiger partial charge in [0.25, 0.3) is 11.8 Å². The van der Waals surface area contributed by atoms with Crippen LogP contribution in [0.4, 0.5) is 10.5 Å². The van der Waals surface area contributed by atoms with Gasteiger partial charge in [0.05, 0.1) is 5.69 Å². The van der Waals surface area contributed by atoms with E-state index in [2.05, 4.69) is 5.32 Å². The molecular formula is C26H21ClN2O4. The van der Waals surface area contributed by atoms with E-state index in [4.69, 9.17) is 16.3 Å². The van der Waals surface area contributed by atoms with Crippen LogP contribution in [0.3, 0.4) is 0 Å². The largest absolute Gasteiger partial charge is 0.489 e. The number of rotatable bonds is 5. The molecule has 0 radical (unpaired) electrons. The Morgan fingerprint density at radius 1 is 0.939 bits per heavy atom. The third kappa shape index (κ3) is 4.96. The molecule has 7 heteroatoms. The molecule has 1 aliphatic heterocycles. The number of hydrogen-bond donors (Lipinski definition) is 1. The van der Waals surface area contributed by atoms with E-state index in [-0.39, 0.29) is 5.57 Å². The summed E-state index contributed by atoms with van der Waals surface area (Å²) in [5, 5.41) is 2.87. The van der Waals surface area contributed by atoms with Crippen LogP contribution in [0.5, 0.6) is 5.75 Å². The molecule has 1 fully saturated rings. The molecule has 0 bridgehead atoms. The first kappa shape index (κ1) is 22.3. The molecular weight excluding hydrogens is 440 g/mol. The van der Waals surface area contributed by atoms with Crippen LogP contribution in [0, 0.1) is 13.8 Å². The second kappa shape index (κ2) is 9.30. The third-order valence-corrected chi connectivity index (χ3v) is 5.55. The number of aryl methyl sites for hydroxylation is 2. The maximum atomic E-state index is 13.1. The van der Waals surface area contributed by atoms with E-state index in [9.17, 15) is 14.4 Å². The number of benzene rings is 3. The predicted octanol–water partition coefficient (Wildman–Crippen LogP) is 5.20. The molecule has 0 saturated carbocycles. The number of carbonyl (C=O) groups excluding carboxylic acids is 3. The number of carbonyl (C=O) groups is 3. The summed E-state index contributed by atoms with van der Waals surface area (Å²) in [6, 6.07) is 18.8. The van der Waals surface area contributed by atoms with Crippen LogP contribution in [0.25, 0.3) is 6.08 Å². The van der Waals surface area contributed by atoms with E-state index in [0.717, 1.165) is 21.6 Å². The van der Waals surface area contributed by atoms with Crippen molar-refractivity contribution in [2.45, 2.75) is 20.5 Å². The molecule has 0 aromatic heterocycles. The molecule has 0 unspecified atom stereocenters. The Kier molecular flexibility index (Phi) is 6.29. The number of barbiturate groups is 1. The average molecular weight is 461 g/mol. The zero-order valence-electron chi connectivity index (χ0n) is 18.1. The first-order valence-electron chi connectivity index (χ1n) is 10.3. The summed E-state index contributed by atoms with van der Waals surface area (Å²) < 4.78 is 5.82. The fourth-order valence-corrected chi connectivity index (χ4v) is 3.62. The van der Waals surface area contributed by atoms with Crippen molar-refractivity contribution in [3.05, 3.63) is 99.6 Å². The number of amides is 4. The molecule has 3 aromatic carbocycles. The fourth-order valence-electron chi connectivity index (χ4n) is 3.41. The maximum absolute atomic E-state index is 13.1. The number of ether oxygens (including phenoxy) is 1. The van der Waals surface area contributed by atoms with Gasteiger partial charge in [-0.15, -0.1) is 0 Å². The molecule has 0 spiro atoms. The van der Waals surface area contributed by atoms with Crippen molar-refractivity contribution in [2.24, 2.45) is 0 Å². The minimum absolute atomic E-state index is 0.139. The second-order valence-corrected chi connectivity index (χ2v) is 8.15. The molecule has 4 amide bonds. The average Bonchev–Trinajstić information content (AvgIpc) is 2.78. The lowest BCUT2D eigenvalue weighted by molar-refractivity contribution is -0.122. The van der Waals surface area contributed by atoms with Crippen molar-refractivity contribution in [3.63, 3.8) is 0 Å². The minimum atomic E-state index is -0.774. The summed E-state index contributed by atoms with van der Waals surface area (Å²) in [6.45, 7) is 4.14. The second-order valence-electron chi connectivity index (χ2n) is 7.72. The molecule has 4 rings (SSSR count). The Morgan fingerprint density at radius 2 is 1.73 bits per heavy atom. The smallest absolute Gasteiger partial charge is 0.335 e. The minimum Gasteiger partial charge on any atom is -0.489 e. The first-order chi connectivity index (χ1) is 15.8. The summed E-state index contributed by atoms with van der Waals surface area (Å²) in [7, 11) is 0. The Hall–Kier alpha value is -3.90. The van der Waals surface area contributed by atoms with Gasteiger partial charge in [0.2, 0.25) is 0 Å². The molecule has 1 heterocycles. The number of urea groups is 1. The van der Waals surface area contributed by atoms with Gasteiger partial charge in [-0.25, -0.2) is 9.69 Å². The molecule has 0 aliphatic carbocycles. The Labute approximate surface area is 196 Å². The van der Waals surface area contributed by atoms with Gasteiger partial charge in [0, 0.05) is 5.02 Å². The highest BCUT2D eigenvalue weighted by Gasteiger charge is 2.36. The number of imide groups is 2. The molecule has 3 aromatic rings. The lowest BCUT2D eigenvalue weighted by Crippen LogP contribution is -2.54. The van der Waals surface area contributed by atoms with Crippen LogP contribution >= 0.6 is 11.6 Å². The SMILES string of the molecule is Cc1ccc(N2C(=O)NC(=O)/C(=C/c3cccc(OCc4cccc(Cl)c4)c3)C2=O)cc1C. The maximum Gasteiger partial charge on any atom is 0.335 e. The molecule has 1 N–H and O–H groups in total. The van der Waals surface area contributed by atoms with Crippen LogP contribution in [-0.2, 0) is 16.2 Å². The summed E-state index contributed by atoms with van der Waals surface area (Å²) in [6.07, 6.45) is 1.45. The van der Waals surface area contributed by atoms with Gasteiger partial charge in [0.1, 0.15) is 17.9 Å². The van der Waals surface area contributed by atoms with Gasteiger partial charge >= 0.3 is 6.03 Å². The monoisotopic (exact) mass is 460 g/mol. The zero-order valence-corrected chi connectivity index (χ0v) is 18.8. The van der Waals surface area contributed by atoms with Crippen LogP contribution in [-0.4, -0.2) is 17.8 Å². The molecule has 1 aliphatic rings. The van der Waals surface area contributed by atoms with Gasteiger partial charge in [0.15, 0.2) is 0 Å². The highest BCUT2D eigenvalue weighted by Crippen LogP contribution is 2.25. The topological polar surface area (TPSA) is 75.7 Å². The fraction of sp³-hybridized carbons (Fsp3) is 0.115. The zero-order chi connectivity index (χ0) is 23.5.